The number of benzene rings is 1. The van der Waals surface area contributed by atoms with Gasteiger partial charge in [0.05, 0.1) is 4.91 Å². The molecule has 0 bridgehead atoms. The average molecular weight is 321 g/mol. The number of hydrogen-bond acceptors (Lipinski definition) is 4. The van der Waals surface area contributed by atoms with Gasteiger partial charge in [0.2, 0.25) is 0 Å². The number of carbonyl (C=O) groups is 2. The third kappa shape index (κ3) is 3.75. The number of halogens is 4. The lowest BCUT2D eigenvalue weighted by Gasteiger charge is -2.16. The zero-order valence-electron chi connectivity index (χ0n) is 10.1. The molecule has 112 valence electrons. The summed E-state index contributed by atoms with van der Waals surface area (Å²) < 4.78 is 53.6. The first kappa shape index (κ1) is 15.4. The van der Waals surface area contributed by atoms with Gasteiger partial charge in [-0.3, -0.25) is 14.9 Å². The lowest BCUT2D eigenvalue weighted by atomic mass is 10.2. The fourth-order valence-electron chi connectivity index (χ4n) is 1.44. The van der Waals surface area contributed by atoms with E-state index in [4.69, 9.17) is 0 Å². The monoisotopic (exact) mass is 321 g/mol. The van der Waals surface area contributed by atoms with E-state index in [0.29, 0.717) is 11.8 Å². The van der Waals surface area contributed by atoms with Gasteiger partial charge >= 0.3 is 12.5 Å². The maximum absolute atomic E-state index is 12.8. The van der Waals surface area contributed by atoms with Crippen LogP contribution in [0.3, 0.4) is 0 Å². The summed E-state index contributed by atoms with van der Waals surface area (Å²) in [5.41, 5.74) is 0.255. The molecular formula is C12H7F4NO3S. The minimum atomic E-state index is -4.61. The summed E-state index contributed by atoms with van der Waals surface area (Å²) in [6.45, 7) is 0. The van der Waals surface area contributed by atoms with Crippen LogP contribution in [0.5, 0.6) is 5.75 Å². The summed E-state index contributed by atoms with van der Waals surface area (Å²) in [6.07, 6.45) is -7.31. The molecule has 0 atom stereocenters. The Morgan fingerprint density at radius 3 is 2.57 bits per heavy atom. The first-order valence-corrected chi connectivity index (χ1v) is 6.29. The van der Waals surface area contributed by atoms with E-state index in [1.807, 2.05) is 5.32 Å². The molecule has 2 amide bonds. The van der Waals surface area contributed by atoms with Gasteiger partial charge in [-0.1, -0.05) is 12.1 Å². The van der Waals surface area contributed by atoms with Crippen LogP contribution in [0, 0.1) is 0 Å². The molecule has 1 aromatic carbocycles. The molecule has 2 rings (SSSR count). The lowest BCUT2D eigenvalue weighted by Crippen LogP contribution is -2.33. The van der Waals surface area contributed by atoms with Crippen molar-refractivity contribution in [1.82, 2.24) is 5.32 Å². The van der Waals surface area contributed by atoms with Gasteiger partial charge in [-0.05, 0) is 35.5 Å². The van der Waals surface area contributed by atoms with Crippen molar-refractivity contribution in [2.75, 3.05) is 0 Å². The van der Waals surface area contributed by atoms with Gasteiger partial charge in [-0.2, -0.15) is 17.6 Å². The van der Waals surface area contributed by atoms with E-state index >= 15 is 0 Å². The molecule has 1 N–H and O–H groups in total. The fourth-order valence-corrected chi connectivity index (χ4v) is 2.12. The number of carbonyl (C=O) groups excluding carboxylic acids is 2. The van der Waals surface area contributed by atoms with Gasteiger partial charge < -0.3 is 4.74 Å². The smallest absolute Gasteiger partial charge is 0.428 e. The number of thioether (sulfide) groups is 1. The molecule has 0 radical (unpaired) electrons. The first-order chi connectivity index (χ1) is 9.78. The highest BCUT2D eigenvalue weighted by Gasteiger charge is 2.43. The van der Waals surface area contributed by atoms with Crippen molar-refractivity contribution in [1.29, 1.82) is 0 Å². The highest BCUT2D eigenvalue weighted by atomic mass is 32.2. The Hall–Kier alpha value is -2.03. The Morgan fingerprint density at radius 1 is 1.29 bits per heavy atom. The molecule has 1 aromatic rings. The third-order valence-corrected chi connectivity index (χ3v) is 3.12. The van der Waals surface area contributed by atoms with E-state index in [2.05, 4.69) is 4.74 Å². The number of alkyl halides is 4. The molecule has 0 aliphatic carbocycles. The minimum Gasteiger partial charge on any atom is -0.428 e. The molecule has 4 nitrogen and oxygen atoms in total. The molecule has 21 heavy (non-hydrogen) atoms. The van der Waals surface area contributed by atoms with Crippen molar-refractivity contribution in [2.45, 2.75) is 12.5 Å². The van der Waals surface area contributed by atoms with Crippen LogP contribution in [-0.2, 0) is 4.79 Å². The van der Waals surface area contributed by atoms with E-state index < -0.39 is 29.4 Å². The second kappa shape index (κ2) is 5.76. The zero-order valence-corrected chi connectivity index (χ0v) is 10.9. The van der Waals surface area contributed by atoms with Crippen LogP contribution in [-0.4, -0.2) is 23.7 Å². The van der Waals surface area contributed by atoms with Crippen LogP contribution in [0.4, 0.5) is 22.4 Å². The summed E-state index contributed by atoms with van der Waals surface area (Å²) in [4.78, 5) is 22.4. The summed E-state index contributed by atoms with van der Waals surface area (Å²) in [5.74, 6) is -1.10. The van der Waals surface area contributed by atoms with E-state index in [0.717, 1.165) is 12.1 Å². The van der Waals surface area contributed by atoms with Crippen LogP contribution in [0.1, 0.15) is 5.56 Å². The maximum atomic E-state index is 12.8. The molecule has 1 aliphatic rings. The van der Waals surface area contributed by atoms with Crippen LogP contribution in [0.25, 0.3) is 6.08 Å². The fraction of sp³-hybridized carbons (Fsp3) is 0.167. The molecule has 1 heterocycles. The van der Waals surface area contributed by atoms with Crippen molar-refractivity contribution in [2.24, 2.45) is 0 Å². The van der Waals surface area contributed by atoms with Gasteiger partial charge in [0.25, 0.3) is 11.1 Å². The number of hydrogen-bond donors (Lipinski definition) is 1. The van der Waals surface area contributed by atoms with Gasteiger partial charge in [0, 0.05) is 0 Å². The standard InChI is InChI=1S/C12H7F4NO3S/c13-10(14)12(15,16)20-7-3-1-2-6(4-7)5-8-9(18)17-11(19)21-8/h1-5,10H,(H,17,18,19). The number of nitrogens with one attached hydrogen (secondary N) is 1. The molecule has 0 unspecified atom stereocenters. The number of rotatable bonds is 4. The van der Waals surface area contributed by atoms with Crippen molar-refractivity contribution in [3.05, 3.63) is 34.7 Å². The molecule has 1 fully saturated rings. The maximum Gasteiger partial charge on any atom is 0.461 e. The van der Waals surface area contributed by atoms with E-state index in [-0.39, 0.29) is 10.5 Å². The Bertz CT molecular complexity index is 618. The topological polar surface area (TPSA) is 55.4 Å². The summed E-state index contributed by atoms with van der Waals surface area (Å²) >= 11 is 0.645. The van der Waals surface area contributed by atoms with Gasteiger partial charge in [-0.15, -0.1) is 0 Å². The molecule has 1 saturated heterocycles. The third-order valence-electron chi connectivity index (χ3n) is 2.31. The molecule has 1 aliphatic heterocycles. The zero-order chi connectivity index (χ0) is 15.6. The van der Waals surface area contributed by atoms with Crippen LogP contribution in [0.2, 0.25) is 0 Å². The van der Waals surface area contributed by atoms with Crippen LogP contribution < -0.4 is 10.1 Å². The second-order valence-corrected chi connectivity index (χ2v) is 4.90. The minimum absolute atomic E-state index is 0.0674. The Morgan fingerprint density at radius 2 is 2.00 bits per heavy atom. The lowest BCUT2D eigenvalue weighted by molar-refractivity contribution is -0.253. The number of imide groups is 1. The summed E-state index contributed by atoms with van der Waals surface area (Å²) in [7, 11) is 0. The van der Waals surface area contributed by atoms with Crippen molar-refractivity contribution < 1.29 is 31.9 Å². The molecule has 9 heteroatoms. The molecule has 0 aromatic heterocycles. The van der Waals surface area contributed by atoms with Gasteiger partial charge in [0.15, 0.2) is 0 Å². The Balaban J connectivity index is 2.21. The Labute approximate surface area is 120 Å². The van der Waals surface area contributed by atoms with E-state index in [1.165, 1.54) is 18.2 Å². The predicted molar refractivity (Wildman–Crippen MR) is 67.1 cm³/mol. The summed E-state index contributed by atoms with van der Waals surface area (Å²) in [5, 5.41) is 1.47. The van der Waals surface area contributed by atoms with Crippen LogP contribution in [0.15, 0.2) is 29.2 Å². The van der Waals surface area contributed by atoms with Crippen molar-refractivity contribution in [3.8, 4) is 5.75 Å². The quantitative estimate of drug-likeness (QED) is 0.683. The van der Waals surface area contributed by atoms with Crippen LogP contribution >= 0.6 is 11.8 Å². The predicted octanol–water partition coefficient (Wildman–Crippen LogP) is 3.25. The highest BCUT2D eigenvalue weighted by molar-refractivity contribution is 8.18. The van der Waals surface area contributed by atoms with Gasteiger partial charge in [0.1, 0.15) is 5.75 Å². The second-order valence-electron chi connectivity index (χ2n) is 3.89. The average Bonchev–Trinajstić information content (AvgIpc) is 2.67. The molecule has 0 saturated carbocycles. The molecular weight excluding hydrogens is 314 g/mol. The molecule has 0 spiro atoms. The van der Waals surface area contributed by atoms with Gasteiger partial charge in [-0.25, -0.2) is 0 Å². The largest absolute Gasteiger partial charge is 0.461 e. The normalized spacial score (nSPS) is 17.5. The Kier molecular flexibility index (Phi) is 4.21. The highest BCUT2D eigenvalue weighted by Crippen LogP contribution is 2.30. The van der Waals surface area contributed by atoms with Crippen molar-refractivity contribution in [3.63, 3.8) is 0 Å². The number of amides is 2. The SMILES string of the molecule is O=C1NC(=O)C(=Cc2cccc(OC(F)(F)C(F)F)c2)S1. The first-order valence-electron chi connectivity index (χ1n) is 5.48. The number of ether oxygens (including phenoxy) is 1. The van der Waals surface area contributed by atoms with E-state index in [9.17, 15) is 27.2 Å². The van der Waals surface area contributed by atoms with E-state index in [1.54, 1.807) is 0 Å². The summed E-state index contributed by atoms with van der Waals surface area (Å²) in [6, 6.07) is 4.87. The van der Waals surface area contributed by atoms with Crippen molar-refractivity contribution >= 4 is 29.0 Å².